The maximum atomic E-state index is 14.0. The maximum absolute atomic E-state index is 14.0. The molecule has 1 aliphatic heterocycles. The zero-order chi connectivity index (χ0) is 25.8. The Bertz CT molecular complexity index is 1060. The molecule has 2 heterocycles. The quantitative estimate of drug-likeness (QED) is 0.523. The van der Waals surface area contributed by atoms with Crippen LogP contribution in [-0.2, 0) is 14.4 Å². The van der Waals surface area contributed by atoms with Crippen molar-refractivity contribution in [3.05, 3.63) is 29.8 Å². The number of para-hydroxylation sites is 1. The highest BCUT2D eigenvalue weighted by Crippen LogP contribution is 2.22. The SMILES string of the molecule is CC(NC(=O)C(CC(=O)N1CCCC[C@@H]1C)NC(=O)CCC(C)(C)C)c1nc2c(F)cccc2[nH]1. The summed E-state index contributed by atoms with van der Waals surface area (Å²) in [5, 5.41) is 5.61. The molecule has 1 aliphatic rings. The van der Waals surface area contributed by atoms with E-state index < -0.39 is 23.8 Å². The molecular weight excluding hydrogens is 449 g/mol. The lowest BCUT2D eigenvalue weighted by molar-refractivity contribution is -0.138. The van der Waals surface area contributed by atoms with Gasteiger partial charge in [-0.05, 0) is 57.1 Å². The minimum Gasteiger partial charge on any atom is -0.345 e. The predicted molar refractivity (Wildman–Crippen MR) is 133 cm³/mol. The van der Waals surface area contributed by atoms with Crippen LogP contribution in [-0.4, -0.2) is 51.2 Å². The number of rotatable bonds is 8. The standard InChI is InChI=1S/C26H38FN5O3/c1-16-9-6-7-14-32(16)22(34)15-20(29-21(33)12-13-26(3,4)5)25(35)28-17(2)24-30-19-11-8-10-18(27)23(19)31-24/h8,10-11,16-17,20H,6-7,9,12-15H2,1-5H3,(H,28,35)(H,29,33)(H,30,31)/t16-,17?,20?/m0/s1. The maximum Gasteiger partial charge on any atom is 0.243 e. The number of aromatic nitrogens is 2. The summed E-state index contributed by atoms with van der Waals surface area (Å²) in [5.74, 6) is -0.938. The number of fused-ring (bicyclic) bond motifs is 1. The van der Waals surface area contributed by atoms with Gasteiger partial charge in [0.15, 0.2) is 5.82 Å². The number of piperidine rings is 1. The predicted octanol–water partition coefficient (Wildman–Crippen LogP) is 3.98. The molecule has 0 saturated carbocycles. The molecule has 2 unspecified atom stereocenters. The van der Waals surface area contributed by atoms with Gasteiger partial charge in [0.2, 0.25) is 17.7 Å². The molecule has 3 N–H and O–H groups in total. The van der Waals surface area contributed by atoms with Crippen LogP contribution in [0.3, 0.4) is 0 Å². The van der Waals surface area contributed by atoms with Crippen LogP contribution in [0, 0.1) is 11.2 Å². The Morgan fingerprint density at radius 1 is 1.23 bits per heavy atom. The third-order valence-electron chi connectivity index (χ3n) is 6.51. The molecule has 192 valence electrons. The second kappa shape index (κ2) is 11.2. The van der Waals surface area contributed by atoms with E-state index in [1.54, 1.807) is 24.0 Å². The molecule has 1 aromatic heterocycles. The van der Waals surface area contributed by atoms with E-state index in [4.69, 9.17) is 0 Å². The van der Waals surface area contributed by atoms with Crippen molar-refractivity contribution < 1.29 is 18.8 Å². The van der Waals surface area contributed by atoms with Crippen LogP contribution >= 0.6 is 0 Å². The van der Waals surface area contributed by atoms with Crippen LogP contribution in [0.15, 0.2) is 18.2 Å². The number of carbonyl (C=O) groups excluding carboxylic acids is 3. The van der Waals surface area contributed by atoms with E-state index in [9.17, 15) is 18.8 Å². The molecular formula is C26H38FN5O3. The Hall–Kier alpha value is -2.97. The van der Waals surface area contributed by atoms with E-state index in [1.165, 1.54) is 6.07 Å². The average molecular weight is 488 g/mol. The highest BCUT2D eigenvalue weighted by molar-refractivity contribution is 5.92. The fraction of sp³-hybridized carbons (Fsp3) is 0.615. The van der Waals surface area contributed by atoms with Gasteiger partial charge in [0.1, 0.15) is 17.4 Å². The van der Waals surface area contributed by atoms with E-state index in [0.717, 1.165) is 19.3 Å². The smallest absolute Gasteiger partial charge is 0.243 e. The topological polar surface area (TPSA) is 107 Å². The number of aromatic amines is 1. The molecule has 1 saturated heterocycles. The molecule has 9 heteroatoms. The van der Waals surface area contributed by atoms with Crippen molar-refractivity contribution in [2.45, 2.75) is 91.3 Å². The number of benzene rings is 1. The van der Waals surface area contributed by atoms with Gasteiger partial charge in [0.05, 0.1) is 18.0 Å². The van der Waals surface area contributed by atoms with Gasteiger partial charge >= 0.3 is 0 Å². The van der Waals surface area contributed by atoms with E-state index in [1.807, 2.05) is 27.7 Å². The first kappa shape index (κ1) is 26.6. The number of nitrogens with zero attached hydrogens (tertiary/aromatic N) is 2. The zero-order valence-corrected chi connectivity index (χ0v) is 21.4. The molecule has 0 bridgehead atoms. The van der Waals surface area contributed by atoms with Crippen molar-refractivity contribution in [1.82, 2.24) is 25.5 Å². The number of halogens is 1. The fourth-order valence-electron chi connectivity index (χ4n) is 4.33. The minimum absolute atomic E-state index is 0.0285. The van der Waals surface area contributed by atoms with Crippen LogP contribution in [0.2, 0.25) is 0 Å². The second-order valence-corrected chi connectivity index (χ2v) is 10.8. The summed E-state index contributed by atoms with van der Waals surface area (Å²) >= 11 is 0. The van der Waals surface area contributed by atoms with Crippen LogP contribution in [0.5, 0.6) is 0 Å². The molecule has 35 heavy (non-hydrogen) atoms. The van der Waals surface area contributed by atoms with Gasteiger partial charge in [-0.15, -0.1) is 0 Å². The van der Waals surface area contributed by atoms with Gasteiger partial charge in [0.25, 0.3) is 0 Å². The zero-order valence-electron chi connectivity index (χ0n) is 21.4. The Morgan fingerprint density at radius 3 is 2.63 bits per heavy atom. The summed E-state index contributed by atoms with van der Waals surface area (Å²) in [4.78, 5) is 48.1. The third kappa shape index (κ3) is 7.26. The molecule has 0 spiro atoms. The Kier molecular flexibility index (Phi) is 8.51. The van der Waals surface area contributed by atoms with Crippen molar-refractivity contribution in [1.29, 1.82) is 0 Å². The minimum atomic E-state index is -1.01. The highest BCUT2D eigenvalue weighted by atomic mass is 19.1. The average Bonchev–Trinajstić information content (AvgIpc) is 3.23. The van der Waals surface area contributed by atoms with E-state index in [2.05, 4.69) is 20.6 Å². The summed E-state index contributed by atoms with van der Waals surface area (Å²) in [7, 11) is 0. The summed E-state index contributed by atoms with van der Waals surface area (Å²) in [6, 6.07) is 3.15. The number of nitrogens with one attached hydrogen (secondary N) is 3. The lowest BCUT2D eigenvalue weighted by atomic mass is 9.90. The number of H-pyrrole nitrogens is 1. The van der Waals surface area contributed by atoms with Crippen molar-refractivity contribution >= 4 is 28.8 Å². The van der Waals surface area contributed by atoms with Gasteiger partial charge in [-0.2, -0.15) is 0 Å². The summed E-state index contributed by atoms with van der Waals surface area (Å²) in [6.07, 6.45) is 3.75. The van der Waals surface area contributed by atoms with Gasteiger partial charge in [0, 0.05) is 19.0 Å². The van der Waals surface area contributed by atoms with Crippen molar-refractivity contribution in [2.75, 3.05) is 6.54 Å². The molecule has 0 radical (unpaired) electrons. The first-order chi connectivity index (χ1) is 16.4. The van der Waals surface area contributed by atoms with E-state index >= 15 is 0 Å². The van der Waals surface area contributed by atoms with Gasteiger partial charge in [-0.3, -0.25) is 14.4 Å². The highest BCUT2D eigenvalue weighted by Gasteiger charge is 2.31. The van der Waals surface area contributed by atoms with Crippen LogP contribution in [0.1, 0.15) is 85.0 Å². The number of imidazole rings is 1. The summed E-state index contributed by atoms with van der Waals surface area (Å²) in [5.41, 5.74) is 0.700. The van der Waals surface area contributed by atoms with Gasteiger partial charge in [-0.1, -0.05) is 26.8 Å². The Balaban J connectivity index is 1.72. The molecule has 1 fully saturated rings. The molecule has 3 amide bonds. The molecule has 0 aliphatic carbocycles. The summed E-state index contributed by atoms with van der Waals surface area (Å²) < 4.78 is 14.0. The summed E-state index contributed by atoms with van der Waals surface area (Å²) in [6.45, 7) is 10.5. The van der Waals surface area contributed by atoms with Crippen LogP contribution in [0.25, 0.3) is 11.0 Å². The second-order valence-electron chi connectivity index (χ2n) is 10.8. The number of likely N-dealkylation sites (tertiary alicyclic amines) is 1. The molecule has 3 atom stereocenters. The van der Waals surface area contributed by atoms with Crippen molar-refractivity contribution in [2.24, 2.45) is 5.41 Å². The Labute approximate surface area is 206 Å². The number of amides is 3. The van der Waals surface area contributed by atoms with Crippen LogP contribution in [0.4, 0.5) is 4.39 Å². The van der Waals surface area contributed by atoms with E-state index in [-0.39, 0.29) is 41.6 Å². The lowest BCUT2D eigenvalue weighted by Gasteiger charge is -2.34. The molecule has 1 aromatic carbocycles. The number of hydrogen-bond donors (Lipinski definition) is 3. The van der Waals surface area contributed by atoms with Gasteiger partial charge < -0.3 is 20.5 Å². The molecule has 8 nitrogen and oxygen atoms in total. The van der Waals surface area contributed by atoms with E-state index in [0.29, 0.717) is 24.3 Å². The van der Waals surface area contributed by atoms with Crippen LogP contribution < -0.4 is 10.6 Å². The largest absolute Gasteiger partial charge is 0.345 e. The fourth-order valence-corrected chi connectivity index (χ4v) is 4.33. The van der Waals surface area contributed by atoms with Crippen molar-refractivity contribution in [3.63, 3.8) is 0 Å². The lowest BCUT2D eigenvalue weighted by Crippen LogP contribution is -2.51. The first-order valence-corrected chi connectivity index (χ1v) is 12.5. The Morgan fingerprint density at radius 2 is 1.97 bits per heavy atom. The van der Waals surface area contributed by atoms with Crippen molar-refractivity contribution in [3.8, 4) is 0 Å². The molecule has 2 aromatic rings. The number of carbonyl (C=O) groups is 3. The number of hydrogen-bond acceptors (Lipinski definition) is 4. The molecule has 3 rings (SSSR count). The first-order valence-electron chi connectivity index (χ1n) is 12.5. The monoisotopic (exact) mass is 487 g/mol. The third-order valence-corrected chi connectivity index (χ3v) is 6.51. The normalized spacial score (nSPS) is 18.2. The van der Waals surface area contributed by atoms with Gasteiger partial charge in [-0.25, -0.2) is 9.37 Å².